The van der Waals surface area contributed by atoms with Gasteiger partial charge in [0.15, 0.2) is 0 Å². The molecule has 1 aliphatic heterocycles. The fourth-order valence-electron chi connectivity index (χ4n) is 3.07. The number of carbonyl (C=O) groups excluding carboxylic acids is 2. The van der Waals surface area contributed by atoms with Crippen molar-refractivity contribution in [1.82, 2.24) is 9.88 Å². The zero-order valence-corrected chi connectivity index (χ0v) is 15.3. The average molecular weight is 375 g/mol. The number of amides is 2. The topological polar surface area (TPSA) is 62.3 Å². The van der Waals surface area contributed by atoms with Gasteiger partial charge in [-0.3, -0.25) is 9.59 Å². The monoisotopic (exact) mass is 375 g/mol. The first-order valence-corrected chi connectivity index (χ1v) is 9.41. The van der Waals surface area contributed by atoms with Crippen LogP contribution in [0.4, 0.5) is 5.69 Å². The molecule has 3 aromatic rings. The Morgan fingerprint density at radius 2 is 1.85 bits per heavy atom. The molecule has 0 unspecified atom stereocenters. The number of hydrogen-bond donors (Lipinski definition) is 1. The van der Waals surface area contributed by atoms with E-state index in [0.29, 0.717) is 17.8 Å². The molecule has 1 aliphatic rings. The van der Waals surface area contributed by atoms with Crippen molar-refractivity contribution in [2.75, 3.05) is 11.9 Å². The van der Waals surface area contributed by atoms with E-state index in [-0.39, 0.29) is 18.2 Å². The van der Waals surface area contributed by atoms with E-state index >= 15 is 0 Å². The summed E-state index contributed by atoms with van der Waals surface area (Å²) in [5.41, 5.74) is 3.85. The van der Waals surface area contributed by atoms with Gasteiger partial charge in [-0.2, -0.15) is 0 Å². The zero-order chi connectivity index (χ0) is 18.8. The smallest absolute Gasteiger partial charge is 0.258 e. The van der Waals surface area contributed by atoms with Crippen molar-refractivity contribution >= 4 is 34.5 Å². The van der Waals surface area contributed by atoms with Crippen LogP contribution in [0.2, 0.25) is 0 Å². The van der Waals surface area contributed by atoms with E-state index in [4.69, 9.17) is 0 Å². The van der Waals surface area contributed by atoms with Gasteiger partial charge in [-0.1, -0.05) is 24.8 Å². The van der Waals surface area contributed by atoms with Crippen LogP contribution in [0.15, 0.2) is 66.7 Å². The van der Waals surface area contributed by atoms with E-state index in [1.807, 2.05) is 47.8 Å². The second kappa shape index (κ2) is 7.17. The highest BCUT2D eigenvalue weighted by Crippen LogP contribution is 2.31. The van der Waals surface area contributed by atoms with Crippen LogP contribution < -0.4 is 5.32 Å². The van der Waals surface area contributed by atoms with Crippen molar-refractivity contribution < 1.29 is 9.59 Å². The number of thiazole rings is 1. The quantitative estimate of drug-likeness (QED) is 0.725. The first kappa shape index (κ1) is 17.2. The van der Waals surface area contributed by atoms with Gasteiger partial charge in [-0.25, -0.2) is 4.98 Å². The molecule has 0 saturated carbocycles. The maximum absolute atomic E-state index is 12.5. The summed E-state index contributed by atoms with van der Waals surface area (Å²) in [5, 5.41) is 5.74. The second-order valence-corrected chi connectivity index (χ2v) is 7.06. The number of nitrogens with zero attached hydrogens (tertiary/aromatic N) is 2. The lowest BCUT2D eigenvalue weighted by atomic mass is 10.1. The van der Waals surface area contributed by atoms with E-state index in [1.54, 1.807) is 28.5 Å². The molecule has 0 radical (unpaired) electrons. The lowest BCUT2D eigenvalue weighted by Crippen LogP contribution is -2.27. The summed E-state index contributed by atoms with van der Waals surface area (Å²) in [6, 6.07) is 14.9. The molecular weight excluding hydrogens is 358 g/mol. The Labute approximate surface area is 161 Å². The number of anilines is 1. The maximum atomic E-state index is 12.5. The average Bonchev–Trinajstić information content (AvgIpc) is 3.30. The van der Waals surface area contributed by atoms with Crippen LogP contribution in [0.1, 0.15) is 22.3 Å². The van der Waals surface area contributed by atoms with Gasteiger partial charge in [-0.15, -0.1) is 11.3 Å². The Morgan fingerprint density at radius 3 is 2.52 bits per heavy atom. The normalized spacial score (nSPS) is 13.0. The maximum Gasteiger partial charge on any atom is 0.258 e. The van der Waals surface area contributed by atoms with Crippen molar-refractivity contribution in [2.45, 2.75) is 6.42 Å². The van der Waals surface area contributed by atoms with Crippen molar-refractivity contribution in [3.05, 3.63) is 77.8 Å². The van der Waals surface area contributed by atoms with Gasteiger partial charge < -0.3 is 10.2 Å². The molecule has 2 heterocycles. The van der Waals surface area contributed by atoms with Crippen LogP contribution in [0, 0.1) is 0 Å². The standard InChI is InChI=1S/C21H17N3O2S/c1-14-17-4-2-3-5-18(17)21(26)24(14)12-10-19(25)23-16-8-6-15(7-9-16)20-22-11-13-27-20/h2-9,11,13H,1,10,12H2,(H,23,25). The van der Waals surface area contributed by atoms with E-state index in [1.165, 1.54) is 0 Å². The first-order valence-electron chi connectivity index (χ1n) is 8.53. The highest BCUT2D eigenvalue weighted by atomic mass is 32.1. The number of fused-ring (bicyclic) bond motifs is 1. The van der Waals surface area contributed by atoms with Gasteiger partial charge in [0, 0.05) is 52.6 Å². The lowest BCUT2D eigenvalue weighted by Gasteiger charge is -2.17. The third kappa shape index (κ3) is 3.39. The first-order chi connectivity index (χ1) is 13.1. The summed E-state index contributed by atoms with van der Waals surface area (Å²) < 4.78 is 0. The Balaban J connectivity index is 1.35. The predicted octanol–water partition coefficient (Wildman–Crippen LogP) is 4.27. The number of hydrogen-bond acceptors (Lipinski definition) is 4. The van der Waals surface area contributed by atoms with Crippen LogP contribution in [-0.2, 0) is 4.79 Å². The van der Waals surface area contributed by atoms with Crippen molar-refractivity contribution in [1.29, 1.82) is 0 Å². The molecule has 4 rings (SSSR count). The Hall–Kier alpha value is -3.25. The van der Waals surface area contributed by atoms with Gasteiger partial charge in [0.1, 0.15) is 5.01 Å². The molecule has 0 fully saturated rings. The summed E-state index contributed by atoms with van der Waals surface area (Å²) >= 11 is 1.57. The largest absolute Gasteiger partial charge is 0.326 e. The van der Waals surface area contributed by atoms with Crippen LogP contribution in [0.25, 0.3) is 16.3 Å². The summed E-state index contributed by atoms with van der Waals surface area (Å²) in [6.07, 6.45) is 1.97. The number of carbonyl (C=O) groups is 2. The minimum Gasteiger partial charge on any atom is -0.326 e. The lowest BCUT2D eigenvalue weighted by molar-refractivity contribution is -0.116. The van der Waals surface area contributed by atoms with Gasteiger partial charge in [0.2, 0.25) is 5.91 Å². The summed E-state index contributed by atoms with van der Waals surface area (Å²) in [4.78, 5) is 30.6. The van der Waals surface area contributed by atoms with E-state index in [0.717, 1.165) is 21.8 Å². The molecule has 2 aromatic carbocycles. The van der Waals surface area contributed by atoms with Crippen LogP contribution >= 0.6 is 11.3 Å². The molecule has 5 nitrogen and oxygen atoms in total. The highest BCUT2D eigenvalue weighted by molar-refractivity contribution is 7.13. The Bertz CT molecular complexity index is 975. The van der Waals surface area contributed by atoms with E-state index in [2.05, 4.69) is 16.9 Å². The van der Waals surface area contributed by atoms with Crippen LogP contribution in [0.3, 0.4) is 0 Å². The fraction of sp³-hybridized carbons (Fsp3) is 0.0952. The predicted molar refractivity (Wildman–Crippen MR) is 107 cm³/mol. The van der Waals surface area contributed by atoms with E-state index < -0.39 is 0 Å². The third-order valence-corrected chi connectivity index (χ3v) is 5.27. The molecule has 27 heavy (non-hydrogen) atoms. The van der Waals surface area contributed by atoms with Crippen LogP contribution in [0.5, 0.6) is 0 Å². The van der Waals surface area contributed by atoms with Crippen molar-refractivity contribution in [2.24, 2.45) is 0 Å². The molecule has 6 heteroatoms. The highest BCUT2D eigenvalue weighted by Gasteiger charge is 2.30. The van der Waals surface area contributed by atoms with Gasteiger partial charge >= 0.3 is 0 Å². The summed E-state index contributed by atoms with van der Waals surface area (Å²) in [5.74, 6) is -0.246. The van der Waals surface area contributed by atoms with E-state index in [9.17, 15) is 9.59 Å². The molecule has 134 valence electrons. The molecule has 0 bridgehead atoms. The molecule has 0 saturated heterocycles. The number of benzene rings is 2. The minimum atomic E-state index is -0.145. The molecule has 0 spiro atoms. The van der Waals surface area contributed by atoms with Gasteiger partial charge in [-0.05, 0) is 30.3 Å². The summed E-state index contributed by atoms with van der Waals surface area (Å²) in [7, 11) is 0. The molecule has 0 atom stereocenters. The van der Waals surface area contributed by atoms with Crippen molar-refractivity contribution in [3.8, 4) is 10.6 Å². The number of rotatable bonds is 5. The number of aromatic nitrogens is 1. The van der Waals surface area contributed by atoms with Crippen LogP contribution in [-0.4, -0.2) is 28.2 Å². The molecular formula is C21H17N3O2S. The molecule has 0 aliphatic carbocycles. The fourth-order valence-corrected chi connectivity index (χ4v) is 3.71. The molecule has 1 N–H and O–H groups in total. The number of nitrogens with one attached hydrogen (secondary N) is 1. The molecule has 1 aromatic heterocycles. The molecule has 2 amide bonds. The Morgan fingerprint density at radius 1 is 1.11 bits per heavy atom. The Kier molecular flexibility index (Phi) is 4.56. The zero-order valence-electron chi connectivity index (χ0n) is 14.5. The van der Waals surface area contributed by atoms with Crippen molar-refractivity contribution in [3.63, 3.8) is 0 Å². The summed E-state index contributed by atoms with van der Waals surface area (Å²) in [6.45, 7) is 4.29. The second-order valence-electron chi connectivity index (χ2n) is 6.16. The third-order valence-electron chi connectivity index (χ3n) is 4.45. The van der Waals surface area contributed by atoms with Gasteiger partial charge in [0.05, 0.1) is 0 Å². The minimum absolute atomic E-state index is 0.101. The SMILES string of the molecule is C=C1c2ccccc2C(=O)N1CCC(=O)Nc1ccc(-c2nccs2)cc1. The van der Waals surface area contributed by atoms with Gasteiger partial charge in [0.25, 0.3) is 5.91 Å².